The van der Waals surface area contributed by atoms with E-state index in [1.54, 1.807) is 48.3 Å². The molecule has 0 aliphatic rings. The second kappa shape index (κ2) is 8.11. The van der Waals surface area contributed by atoms with Gasteiger partial charge in [0.05, 0.1) is 0 Å². The lowest BCUT2D eigenvalue weighted by molar-refractivity contribution is -0.118. The number of nitrogens with one attached hydrogen (secondary N) is 2. The van der Waals surface area contributed by atoms with Gasteiger partial charge in [0.1, 0.15) is 6.04 Å². The van der Waals surface area contributed by atoms with Gasteiger partial charge < -0.3 is 10.6 Å². The first kappa shape index (κ1) is 17.4. The highest BCUT2D eigenvalue weighted by molar-refractivity contribution is 6.00. The molecule has 3 aromatic rings. The van der Waals surface area contributed by atoms with Gasteiger partial charge in [0, 0.05) is 31.3 Å². The van der Waals surface area contributed by atoms with Crippen molar-refractivity contribution in [1.29, 1.82) is 0 Å². The van der Waals surface area contributed by atoms with Crippen LogP contribution < -0.4 is 10.6 Å². The summed E-state index contributed by atoms with van der Waals surface area (Å²) in [5.41, 5.74) is 1.47. The van der Waals surface area contributed by atoms with Crippen molar-refractivity contribution in [2.75, 3.05) is 5.32 Å². The molecule has 0 bridgehead atoms. The van der Waals surface area contributed by atoms with Crippen molar-refractivity contribution < 1.29 is 9.59 Å². The number of aromatic nitrogens is 2. The summed E-state index contributed by atoms with van der Waals surface area (Å²) in [6, 6.07) is 19.4. The Labute approximate surface area is 151 Å². The Morgan fingerprint density at radius 2 is 1.65 bits per heavy atom. The van der Waals surface area contributed by atoms with Crippen LogP contribution in [0.2, 0.25) is 0 Å². The molecule has 1 heterocycles. The molecule has 1 aromatic heterocycles. The van der Waals surface area contributed by atoms with E-state index in [1.807, 2.05) is 36.4 Å². The van der Waals surface area contributed by atoms with Gasteiger partial charge in [-0.1, -0.05) is 48.5 Å². The second-order valence-electron chi connectivity index (χ2n) is 5.95. The highest BCUT2D eigenvalue weighted by Crippen LogP contribution is 2.08. The van der Waals surface area contributed by atoms with Gasteiger partial charge >= 0.3 is 0 Å². The molecule has 6 nitrogen and oxygen atoms in total. The van der Waals surface area contributed by atoms with Crippen molar-refractivity contribution in [2.24, 2.45) is 7.05 Å². The van der Waals surface area contributed by atoms with E-state index in [1.165, 1.54) is 0 Å². The van der Waals surface area contributed by atoms with Gasteiger partial charge in [0.15, 0.2) is 5.82 Å². The van der Waals surface area contributed by atoms with E-state index in [0.717, 1.165) is 5.56 Å². The van der Waals surface area contributed by atoms with Gasteiger partial charge in [0.2, 0.25) is 5.91 Å². The molecule has 0 aliphatic carbocycles. The molecule has 1 unspecified atom stereocenters. The Bertz CT molecular complexity index is 875. The topological polar surface area (TPSA) is 76.0 Å². The monoisotopic (exact) mass is 348 g/mol. The van der Waals surface area contributed by atoms with E-state index in [4.69, 9.17) is 0 Å². The molecule has 2 amide bonds. The maximum Gasteiger partial charge on any atom is 0.251 e. The Hall–Kier alpha value is -3.41. The average Bonchev–Trinajstić information content (AvgIpc) is 3.07. The van der Waals surface area contributed by atoms with Crippen molar-refractivity contribution >= 4 is 17.6 Å². The molecule has 26 heavy (non-hydrogen) atoms. The number of rotatable bonds is 6. The molecule has 0 saturated heterocycles. The minimum absolute atomic E-state index is 0.289. The first-order chi connectivity index (χ1) is 12.6. The third kappa shape index (κ3) is 4.57. The third-order valence-corrected chi connectivity index (χ3v) is 3.91. The fraction of sp³-hybridized carbons (Fsp3) is 0.150. The summed E-state index contributed by atoms with van der Waals surface area (Å²) in [5.74, 6) is -0.149. The van der Waals surface area contributed by atoms with Crippen LogP contribution in [0, 0.1) is 0 Å². The lowest BCUT2D eigenvalue weighted by Crippen LogP contribution is -2.45. The molecule has 132 valence electrons. The largest absolute Gasteiger partial charge is 0.340 e. The van der Waals surface area contributed by atoms with Gasteiger partial charge in [0.25, 0.3) is 5.91 Å². The van der Waals surface area contributed by atoms with Crippen molar-refractivity contribution in [3.63, 3.8) is 0 Å². The number of amides is 2. The molecule has 0 radical (unpaired) electrons. The zero-order valence-electron chi connectivity index (χ0n) is 14.4. The number of hydrogen-bond donors (Lipinski definition) is 2. The average molecular weight is 348 g/mol. The predicted molar refractivity (Wildman–Crippen MR) is 99.7 cm³/mol. The lowest BCUT2D eigenvalue weighted by Gasteiger charge is -2.18. The molecule has 0 fully saturated rings. The molecule has 6 heteroatoms. The number of nitrogens with zero attached hydrogens (tertiary/aromatic N) is 2. The van der Waals surface area contributed by atoms with Crippen LogP contribution in [0.3, 0.4) is 0 Å². The third-order valence-electron chi connectivity index (χ3n) is 3.91. The van der Waals surface area contributed by atoms with Crippen molar-refractivity contribution in [3.8, 4) is 0 Å². The zero-order chi connectivity index (χ0) is 18.4. The van der Waals surface area contributed by atoms with Crippen molar-refractivity contribution in [2.45, 2.75) is 12.5 Å². The molecule has 3 rings (SSSR count). The van der Waals surface area contributed by atoms with Gasteiger partial charge in [-0.25, -0.2) is 0 Å². The fourth-order valence-electron chi connectivity index (χ4n) is 2.59. The quantitative estimate of drug-likeness (QED) is 0.718. The van der Waals surface area contributed by atoms with Crippen LogP contribution in [0.4, 0.5) is 5.82 Å². The van der Waals surface area contributed by atoms with Crippen LogP contribution in [0.25, 0.3) is 0 Å². The summed E-state index contributed by atoms with van der Waals surface area (Å²) in [4.78, 5) is 25.2. The van der Waals surface area contributed by atoms with E-state index in [-0.39, 0.29) is 11.8 Å². The van der Waals surface area contributed by atoms with Crippen LogP contribution in [0.5, 0.6) is 0 Å². The Balaban J connectivity index is 1.76. The maximum atomic E-state index is 12.7. The lowest BCUT2D eigenvalue weighted by atomic mass is 10.0. The summed E-state index contributed by atoms with van der Waals surface area (Å²) < 4.78 is 1.60. The Kier molecular flexibility index (Phi) is 5.43. The van der Waals surface area contributed by atoms with Crippen LogP contribution in [0.15, 0.2) is 72.9 Å². The van der Waals surface area contributed by atoms with E-state index >= 15 is 0 Å². The number of aryl methyl sites for hydroxylation is 1. The summed E-state index contributed by atoms with van der Waals surface area (Å²) in [5, 5.41) is 9.73. The highest BCUT2D eigenvalue weighted by Gasteiger charge is 2.22. The number of carbonyl (C=O) groups is 2. The molecular weight excluding hydrogens is 328 g/mol. The summed E-state index contributed by atoms with van der Waals surface area (Å²) >= 11 is 0. The molecule has 0 spiro atoms. The Morgan fingerprint density at radius 1 is 1.00 bits per heavy atom. The minimum Gasteiger partial charge on any atom is -0.340 e. The normalized spacial score (nSPS) is 11.6. The van der Waals surface area contributed by atoms with Crippen LogP contribution >= 0.6 is 0 Å². The zero-order valence-corrected chi connectivity index (χ0v) is 14.4. The summed E-state index contributed by atoms with van der Waals surface area (Å²) in [6.45, 7) is 0. The van der Waals surface area contributed by atoms with Crippen molar-refractivity contribution in [1.82, 2.24) is 15.1 Å². The first-order valence-corrected chi connectivity index (χ1v) is 8.32. The van der Waals surface area contributed by atoms with Gasteiger partial charge in [-0.05, 0) is 17.7 Å². The maximum absolute atomic E-state index is 12.7. The van der Waals surface area contributed by atoms with E-state index in [0.29, 0.717) is 17.8 Å². The number of carbonyl (C=O) groups excluding carboxylic acids is 2. The molecular formula is C20H20N4O2. The molecule has 0 aliphatic heterocycles. The fourth-order valence-corrected chi connectivity index (χ4v) is 2.59. The van der Waals surface area contributed by atoms with Crippen LogP contribution in [-0.4, -0.2) is 27.6 Å². The molecule has 2 aromatic carbocycles. The second-order valence-corrected chi connectivity index (χ2v) is 5.95. The number of hydrogen-bond acceptors (Lipinski definition) is 3. The molecule has 1 atom stereocenters. The van der Waals surface area contributed by atoms with E-state index in [9.17, 15) is 9.59 Å². The SMILES string of the molecule is Cn1ccc(NC(=O)C(Cc2ccccc2)NC(=O)c2ccccc2)n1. The molecule has 0 saturated carbocycles. The van der Waals surface area contributed by atoms with Gasteiger partial charge in [-0.15, -0.1) is 0 Å². The van der Waals surface area contributed by atoms with E-state index < -0.39 is 6.04 Å². The van der Waals surface area contributed by atoms with Gasteiger partial charge in [-0.2, -0.15) is 5.10 Å². The van der Waals surface area contributed by atoms with E-state index in [2.05, 4.69) is 15.7 Å². The standard InChI is InChI=1S/C20H20N4O2/c1-24-13-12-18(23-24)22-20(26)17(14-15-8-4-2-5-9-15)21-19(25)16-10-6-3-7-11-16/h2-13,17H,14H2,1H3,(H,21,25)(H,22,23,26). The molecule has 2 N–H and O–H groups in total. The first-order valence-electron chi connectivity index (χ1n) is 8.32. The minimum atomic E-state index is -0.716. The number of anilines is 1. The smallest absolute Gasteiger partial charge is 0.251 e. The van der Waals surface area contributed by atoms with Crippen LogP contribution in [0.1, 0.15) is 15.9 Å². The van der Waals surface area contributed by atoms with Crippen LogP contribution in [-0.2, 0) is 18.3 Å². The summed E-state index contributed by atoms with van der Waals surface area (Å²) in [6.07, 6.45) is 2.13. The van der Waals surface area contributed by atoms with Crippen molar-refractivity contribution in [3.05, 3.63) is 84.1 Å². The Morgan fingerprint density at radius 3 is 2.27 bits per heavy atom. The predicted octanol–water partition coefficient (Wildman–Crippen LogP) is 2.40. The summed E-state index contributed by atoms with van der Waals surface area (Å²) in [7, 11) is 1.77. The van der Waals surface area contributed by atoms with Gasteiger partial charge in [-0.3, -0.25) is 14.3 Å². The highest BCUT2D eigenvalue weighted by atomic mass is 16.2. The number of benzene rings is 2.